The minimum Gasteiger partial charge on any atom is -0.480 e. The molecule has 1 amide bonds. The summed E-state index contributed by atoms with van der Waals surface area (Å²) in [5.41, 5.74) is -0.933. The van der Waals surface area contributed by atoms with Crippen LogP contribution in [-0.2, 0) is 9.59 Å². The van der Waals surface area contributed by atoms with E-state index in [1.807, 2.05) is 6.92 Å². The summed E-state index contributed by atoms with van der Waals surface area (Å²) in [7, 11) is 0. The molecular formula is C15H25NO3. The molecule has 0 aromatic rings. The highest BCUT2D eigenvalue weighted by Gasteiger charge is 2.52. The van der Waals surface area contributed by atoms with Crippen molar-refractivity contribution in [3.63, 3.8) is 0 Å². The fourth-order valence-corrected chi connectivity index (χ4v) is 3.14. The Morgan fingerprint density at radius 2 is 1.89 bits per heavy atom. The van der Waals surface area contributed by atoms with Crippen LogP contribution >= 0.6 is 0 Å². The monoisotopic (exact) mass is 267 g/mol. The maximum Gasteiger partial charge on any atom is 0.329 e. The molecule has 0 bridgehead atoms. The second kappa shape index (κ2) is 5.93. The first-order valence-electron chi connectivity index (χ1n) is 7.63. The van der Waals surface area contributed by atoms with E-state index in [1.165, 1.54) is 32.1 Å². The van der Waals surface area contributed by atoms with Crippen LogP contribution in [0, 0.1) is 11.8 Å². The van der Waals surface area contributed by atoms with Gasteiger partial charge in [-0.15, -0.1) is 0 Å². The largest absolute Gasteiger partial charge is 0.480 e. The predicted molar refractivity (Wildman–Crippen MR) is 72.7 cm³/mol. The van der Waals surface area contributed by atoms with E-state index in [2.05, 4.69) is 5.32 Å². The maximum absolute atomic E-state index is 12.2. The summed E-state index contributed by atoms with van der Waals surface area (Å²) in [5.74, 6) is -0.286. The fraction of sp³-hybridized carbons (Fsp3) is 0.867. The van der Waals surface area contributed by atoms with Gasteiger partial charge in [0.15, 0.2) is 0 Å². The molecule has 4 nitrogen and oxygen atoms in total. The molecule has 0 aliphatic heterocycles. The highest BCUT2D eigenvalue weighted by atomic mass is 16.4. The molecular weight excluding hydrogens is 242 g/mol. The first-order valence-corrected chi connectivity index (χ1v) is 7.63. The van der Waals surface area contributed by atoms with Gasteiger partial charge in [0, 0.05) is 5.92 Å². The van der Waals surface area contributed by atoms with Gasteiger partial charge in [0.05, 0.1) is 0 Å². The van der Waals surface area contributed by atoms with E-state index in [9.17, 15) is 9.59 Å². The Hall–Kier alpha value is -1.06. The average Bonchev–Trinajstić information content (AvgIpc) is 3.18. The van der Waals surface area contributed by atoms with Crippen LogP contribution in [0.5, 0.6) is 0 Å². The van der Waals surface area contributed by atoms with Gasteiger partial charge >= 0.3 is 5.97 Å². The van der Waals surface area contributed by atoms with Gasteiger partial charge in [0.1, 0.15) is 5.54 Å². The van der Waals surface area contributed by atoms with Gasteiger partial charge in [-0.25, -0.2) is 4.79 Å². The molecule has 0 spiro atoms. The van der Waals surface area contributed by atoms with Gasteiger partial charge < -0.3 is 10.4 Å². The molecule has 0 saturated heterocycles. The van der Waals surface area contributed by atoms with E-state index < -0.39 is 11.5 Å². The van der Waals surface area contributed by atoms with Crippen molar-refractivity contribution < 1.29 is 14.7 Å². The number of carbonyl (C=O) groups is 2. The van der Waals surface area contributed by atoms with Crippen molar-refractivity contribution in [2.75, 3.05) is 0 Å². The number of rotatable bonds is 6. The van der Waals surface area contributed by atoms with Crippen LogP contribution in [0.3, 0.4) is 0 Å². The summed E-state index contributed by atoms with van der Waals surface area (Å²) in [6.45, 7) is 2.02. The minimum atomic E-state index is -0.933. The topological polar surface area (TPSA) is 66.4 Å². The molecule has 2 saturated carbocycles. The molecule has 19 heavy (non-hydrogen) atoms. The summed E-state index contributed by atoms with van der Waals surface area (Å²) in [6.07, 6.45) is 9.23. The molecule has 0 heterocycles. The van der Waals surface area contributed by atoms with Gasteiger partial charge in [-0.05, 0) is 31.6 Å². The van der Waals surface area contributed by atoms with Gasteiger partial charge in [-0.3, -0.25) is 4.79 Å². The molecule has 1 atom stereocenters. The van der Waals surface area contributed by atoms with E-state index in [0.717, 1.165) is 12.8 Å². The lowest BCUT2D eigenvalue weighted by molar-refractivity contribution is -0.144. The number of aliphatic carboxylic acids is 1. The number of hydrogen-bond acceptors (Lipinski definition) is 2. The van der Waals surface area contributed by atoms with Gasteiger partial charge in [-0.2, -0.15) is 0 Å². The highest BCUT2D eigenvalue weighted by Crippen LogP contribution is 2.37. The molecule has 4 heteroatoms. The van der Waals surface area contributed by atoms with E-state index in [-0.39, 0.29) is 11.8 Å². The van der Waals surface area contributed by atoms with Crippen LogP contribution in [0.1, 0.15) is 64.7 Å². The average molecular weight is 267 g/mol. The van der Waals surface area contributed by atoms with Crippen molar-refractivity contribution in [2.45, 2.75) is 70.3 Å². The number of carbonyl (C=O) groups excluding carboxylic acids is 1. The summed E-state index contributed by atoms with van der Waals surface area (Å²) >= 11 is 0. The number of carboxylic acids is 1. The van der Waals surface area contributed by atoms with Crippen LogP contribution in [0.2, 0.25) is 0 Å². The maximum atomic E-state index is 12.2. The predicted octanol–water partition coefficient (Wildman–Crippen LogP) is 2.72. The quantitative estimate of drug-likeness (QED) is 0.777. The Bertz CT molecular complexity index is 343. The molecule has 2 aliphatic rings. The standard InChI is InChI=1S/C15H25NO3/c1-2-12(10-11-6-4-3-5-7-11)13(17)16-15(8-9-15)14(18)19/h11-12H,2-10H2,1H3,(H,16,17)(H,18,19). The third-order valence-electron chi connectivity index (χ3n) is 4.73. The third-order valence-corrected chi connectivity index (χ3v) is 4.73. The van der Waals surface area contributed by atoms with Crippen molar-refractivity contribution >= 4 is 11.9 Å². The Kier molecular flexibility index (Phi) is 4.48. The summed E-state index contributed by atoms with van der Waals surface area (Å²) in [6, 6.07) is 0. The Labute approximate surface area is 115 Å². The lowest BCUT2D eigenvalue weighted by Crippen LogP contribution is -2.46. The van der Waals surface area contributed by atoms with Crippen molar-refractivity contribution in [1.29, 1.82) is 0 Å². The second-order valence-corrected chi connectivity index (χ2v) is 6.22. The molecule has 2 fully saturated rings. The van der Waals surface area contributed by atoms with Crippen molar-refractivity contribution in [3.8, 4) is 0 Å². The van der Waals surface area contributed by atoms with Gasteiger partial charge in [0.25, 0.3) is 0 Å². The minimum absolute atomic E-state index is 0.0140. The summed E-state index contributed by atoms with van der Waals surface area (Å²) < 4.78 is 0. The first-order chi connectivity index (χ1) is 9.07. The number of carboxylic acid groups (broad SMARTS) is 1. The molecule has 2 N–H and O–H groups in total. The third kappa shape index (κ3) is 3.48. The lowest BCUT2D eigenvalue weighted by Gasteiger charge is -2.26. The van der Waals surface area contributed by atoms with Crippen molar-refractivity contribution in [3.05, 3.63) is 0 Å². The zero-order valence-electron chi connectivity index (χ0n) is 11.8. The SMILES string of the molecule is CCC(CC1CCCCC1)C(=O)NC1(C(=O)O)CC1. The second-order valence-electron chi connectivity index (χ2n) is 6.22. The fourth-order valence-electron chi connectivity index (χ4n) is 3.14. The normalized spacial score (nSPS) is 23.6. The van der Waals surface area contributed by atoms with Crippen LogP contribution in [0.15, 0.2) is 0 Å². The van der Waals surface area contributed by atoms with E-state index in [0.29, 0.717) is 18.8 Å². The molecule has 2 rings (SSSR count). The van der Waals surface area contributed by atoms with Crippen LogP contribution in [-0.4, -0.2) is 22.5 Å². The zero-order chi connectivity index (χ0) is 13.9. The molecule has 0 aromatic carbocycles. The number of nitrogens with one attached hydrogen (secondary N) is 1. The molecule has 1 unspecified atom stereocenters. The molecule has 2 aliphatic carbocycles. The first kappa shape index (κ1) is 14.4. The highest BCUT2D eigenvalue weighted by molar-refractivity contribution is 5.90. The Balaban J connectivity index is 1.86. The van der Waals surface area contributed by atoms with Crippen molar-refractivity contribution in [1.82, 2.24) is 5.32 Å². The summed E-state index contributed by atoms with van der Waals surface area (Å²) in [4.78, 5) is 23.3. The van der Waals surface area contributed by atoms with Gasteiger partial charge in [-0.1, -0.05) is 39.0 Å². The lowest BCUT2D eigenvalue weighted by atomic mass is 9.81. The molecule has 0 aromatic heterocycles. The van der Waals surface area contributed by atoms with Gasteiger partial charge in [0.2, 0.25) is 5.91 Å². The van der Waals surface area contributed by atoms with Crippen LogP contribution in [0.25, 0.3) is 0 Å². The van der Waals surface area contributed by atoms with Crippen LogP contribution < -0.4 is 5.32 Å². The number of amides is 1. The van der Waals surface area contributed by atoms with Crippen LogP contribution in [0.4, 0.5) is 0 Å². The summed E-state index contributed by atoms with van der Waals surface area (Å²) in [5, 5.41) is 11.9. The molecule has 0 radical (unpaired) electrons. The number of hydrogen-bond donors (Lipinski definition) is 2. The Morgan fingerprint density at radius 3 is 2.37 bits per heavy atom. The zero-order valence-corrected chi connectivity index (χ0v) is 11.8. The van der Waals surface area contributed by atoms with E-state index >= 15 is 0 Å². The van der Waals surface area contributed by atoms with E-state index in [1.54, 1.807) is 0 Å². The Morgan fingerprint density at radius 1 is 1.26 bits per heavy atom. The smallest absolute Gasteiger partial charge is 0.329 e. The van der Waals surface area contributed by atoms with Crippen molar-refractivity contribution in [2.24, 2.45) is 11.8 Å². The van der Waals surface area contributed by atoms with E-state index in [4.69, 9.17) is 5.11 Å². The molecule has 108 valence electrons.